The van der Waals surface area contributed by atoms with E-state index in [0.717, 1.165) is 5.56 Å². The summed E-state index contributed by atoms with van der Waals surface area (Å²) in [4.78, 5) is 21.0. The first-order valence-electron chi connectivity index (χ1n) is 9.29. The Morgan fingerprint density at radius 3 is 2.90 bits per heavy atom. The minimum atomic E-state index is -0.930. The van der Waals surface area contributed by atoms with Crippen molar-refractivity contribution in [3.05, 3.63) is 47.2 Å². The van der Waals surface area contributed by atoms with Gasteiger partial charge in [0, 0.05) is 6.54 Å². The van der Waals surface area contributed by atoms with Crippen LogP contribution in [-0.2, 0) is 6.54 Å². The van der Waals surface area contributed by atoms with Gasteiger partial charge in [-0.05, 0) is 43.0 Å². The molecule has 9 nitrogen and oxygen atoms in total. The number of halogens is 1. The van der Waals surface area contributed by atoms with E-state index in [1.54, 1.807) is 6.07 Å². The van der Waals surface area contributed by atoms with Gasteiger partial charge in [0.15, 0.2) is 5.65 Å². The molecule has 0 saturated heterocycles. The maximum absolute atomic E-state index is 13.5. The number of amides is 1. The van der Waals surface area contributed by atoms with Crippen molar-refractivity contribution in [2.24, 2.45) is 0 Å². The van der Waals surface area contributed by atoms with Gasteiger partial charge in [-0.15, -0.1) is 0 Å². The first kappa shape index (κ1) is 19.2. The third-order valence-electron chi connectivity index (χ3n) is 5.23. The van der Waals surface area contributed by atoms with Crippen LogP contribution in [0.1, 0.15) is 34.5 Å². The van der Waals surface area contributed by atoms with E-state index >= 15 is 0 Å². The molecule has 3 atom stereocenters. The smallest absolute Gasteiger partial charge is 0.270 e. The fraction of sp³-hybridized carbons (Fsp3) is 0.368. The average molecular weight is 400 g/mol. The van der Waals surface area contributed by atoms with Gasteiger partial charge in [-0.25, -0.2) is 14.4 Å². The normalized spacial score (nSPS) is 21.4. The van der Waals surface area contributed by atoms with Gasteiger partial charge >= 0.3 is 0 Å². The van der Waals surface area contributed by atoms with Crippen LogP contribution in [0.25, 0.3) is 11.0 Å². The van der Waals surface area contributed by atoms with Crippen molar-refractivity contribution >= 4 is 22.8 Å². The Hall–Kier alpha value is -3.11. The highest BCUT2D eigenvalue weighted by Crippen LogP contribution is 2.27. The summed E-state index contributed by atoms with van der Waals surface area (Å²) >= 11 is 0. The van der Waals surface area contributed by atoms with E-state index < -0.39 is 24.2 Å². The van der Waals surface area contributed by atoms with Crippen LogP contribution in [0.5, 0.6) is 0 Å². The fourth-order valence-corrected chi connectivity index (χ4v) is 3.52. The second-order valence-electron chi connectivity index (χ2n) is 7.16. The summed E-state index contributed by atoms with van der Waals surface area (Å²) in [6, 6.07) is 4.00. The molecular formula is C19H21FN6O3. The zero-order valence-electron chi connectivity index (χ0n) is 15.7. The molecule has 0 radical (unpaired) electrons. The van der Waals surface area contributed by atoms with Crippen LogP contribution in [0.2, 0.25) is 0 Å². The van der Waals surface area contributed by atoms with E-state index in [0.29, 0.717) is 35.3 Å². The number of aliphatic hydroxyl groups is 2. The van der Waals surface area contributed by atoms with E-state index in [-0.39, 0.29) is 18.1 Å². The first-order valence-corrected chi connectivity index (χ1v) is 9.29. The maximum Gasteiger partial charge on any atom is 0.270 e. The largest absolute Gasteiger partial charge is 0.390 e. The van der Waals surface area contributed by atoms with Gasteiger partial charge in [0.1, 0.15) is 23.7 Å². The summed E-state index contributed by atoms with van der Waals surface area (Å²) in [5.74, 6) is -0.473. The monoisotopic (exact) mass is 400 g/mol. The molecule has 0 bridgehead atoms. The molecule has 0 unspecified atom stereocenters. The number of carbonyl (C=O) groups is 1. The van der Waals surface area contributed by atoms with Gasteiger partial charge in [0.2, 0.25) is 0 Å². The van der Waals surface area contributed by atoms with Crippen molar-refractivity contribution in [3.63, 3.8) is 0 Å². The molecule has 1 aliphatic rings. The Kier molecular flexibility index (Phi) is 5.12. The van der Waals surface area contributed by atoms with E-state index in [1.165, 1.54) is 18.5 Å². The van der Waals surface area contributed by atoms with E-state index in [4.69, 9.17) is 0 Å². The first-order chi connectivity index (χ1) is 13.9. The lowest BCUT2D eigenvalue weighted by Crippen LogP contribution is -2.34. The van der Waals surface area contributed by atoms with Gasteiger partial charge in [-0.1, -0.05) is 6.07 Å². The second-order valence-corrected chi connectivity index (χ2v) is 7.16. The average Bonchev–Trinajstić information content (AvgIpc) is 3.28. The van der Waals surface area contributed by atoms with Gasteiger partial charge in [-0.2, -0.15) is 5.10 Å². The molecule has 10 heteroatoms. The summed E-state index contributed by atoms with van der Waals surface area (Å²) in [5, 5.41) is 32.8. The lowest BCUT2D eigenvalue weighted by molar-refractivity contribution is 0.0392. The van der Waals surface area contributed by atoms with E-state index in [1.807, 2.05) is 6.92 Å². The van der Waals surface area contributed by atoms with Gasteiger partial charge in [-0.3, -0.25) is 9.89 Å². The third kappa shape index (κ3) is 3.76. The third-order valence-corrected chi connectivity index (χ3v) is 5.23. The predicted octanol–water partition coefficient (Wildman–Crippen LogP) is 1.03. The number of aliphatic hydroxyl groups excluding tert-OH is 2. The molecular weight excluding hydrogens is 379 g/mol. The molecule has 1 saturated carbocycles. The minimum absolute atomic E-state index is 0.146. The van der Waals surface area contributed by atoms with E-state index in [9.17, 15) is 19.4 Å². The number of hydrogen-bond acceptors (Lipinski definition) is 7. The maximum atomic E-state index is 13.5. The molecule has 1 amide bonds. The van der Waals surface area contributed by atoms with Gasteiger partial charge in [0.25, 0.3) is 5.91 Å². The molecule has 0 spiro atoms. The Bertz CT molecular complexity index is 1060. The summed E-state index contributed by atoms with van der Waals surface area (Å²) in [6.45, 7) is 1.98. The van der Waals surface area contributed by atoms with Crippen LogP contribution >= 0.6 is 0 Å². The molecule has 1 aliphatic carbocycles. The number of rotatable bonds is 5. The van der Waals surface area contributed by atoms with Crippen molar-refractivity contribution in [3.8, 4) is 0 Å². The topological polar surface area (TPSA) is 136 Å². The van der Waals surface area contributed by atoms with Crippen molar-refractivity contribution in [1.29, 1.82) is 0 Å². The Balaban J connectivity index is 1.57. The number of H-pyrrole nitrogens is 1. The number of aryl methyl sites for hydroxylation is 1. The van der Waals surface area contributed by atoms with Crippen molar-refractivity contribution in [1.82, 2.24) is 25.5 Å². The fourth-order valence-electron chi connectivity index (χ4n) is 3.52. The Labute approximate surface area is 165 Å². The van der Waals surface area contributed by atoms with Gasteiger partial charge < -0.3 is 20.8 Å². The molecule has 4 rings (SSSR count). The van der Waals surface area contributed by atoms with Crippen LogP contribution in [0, 0.1) is 12.7 Å². The zero-order valence-corrected chi connectivity index (χ0v) is 15.7. The number of aromatic amines is 1. The highest BCUT2D eigenvalue weighted by molar-refractivity contribution is 6.07. The molecule has 152 valence electrons. The second kappa shape index (κ2) is 7.72. The Morgan fingerprint density at radius 2 is 2.14 bits per heavy atom. The van der Waals surface area contributed by atoms with Crippen molar-refractivity contribution < 1.29 is 19.4 Å². The highest BCUT2D eigenvalue weighted by Gasteiger charge is 2.34. The number of fused-ring (bicyclic) bond motifs is 1. The summed E-state index contributed by atoms with van der Waals surface area (Å²) in [6.07, 6.45) is 0.609. The Morgan fingerprint density at radius 1 is 1.31 bits per heavy atom. The van der Waals surface area contributed by atoms with Crippen LogP contribution in [0.15, 0.2) is 24.5 Å². The number of nitrogens with one attached hydrogen (secondary N) is 3. The van der Waals surface area contributed by atoms with Crippen LogP contribution in [0.4, 0.5) is 10.2 Å². The molecule has 3 aromatic rings. The van der Waals surface area contributed by atoms with Crippen LogP contribution < -0.4 is 10.6 Å². The molecule has 0 aliphatic heterocycles. The molecule has 2 heterocycles. The van der Waals surface area contributed by atoms with Crippen molar-refractivity contribution in [2.45, 2.75) is 44.6 Å². The van der Waals surface area contributed by atoms with Crippen molar-refractivity contribution in [2.75, 3.05) is 5.32 Å². The lowest BCUT2D eigenvalue weighted by Gasteiger charge is -2.19. The number of carbonyl (C=O) groups excluding carboxylic acids is 1. The number of hydrogen-bond donors (Lipinski definition) is 5. The molecule has 2 aromatic heterocycles. The summed E-state index contributed by atoms with van der Waals surface area (Å²) in [5.41, 5.74) is 1.98. The summed E-state index contributed by atoms with van der Waals surface area (Å²) in [7, 11) is 0. The molecule has 29 heavy (non-hydrogen) atoms. The number of nitrogens with zero attached hydrogens (tertiary/aromatic N) is 3. The van der Waals surface area contributed by atoms with Crippen LogP contribution in [-0.4, -0.2) is 54.5 Å². The number of aromatic nitrogens is 4. The quantitative estimate of drug-likeness (QED) is 0.431. The zero-order chi connectivity index (χ0) is 20.5. The van der Waals surface area contributed by atoms with Gasteiger partial charge in [0.05, 0.1) is 23.6 Å². The molecule has 5 N–H and O–H groups in total. The van der Waals surface area contributed by atoms with Crippen LogP contribution in [0.3, 0.4) is 0 Å². The number of benzene rings is 1. The lowest BCUT2D eigenvalue weighted by atomic mass is 10.1. The molecule has 1 fully saturated rings. The highest BCUT2D eigenvalue weighted by atomic mass is 19.1. The molecule has 1 aromatic carbocycles. The van der Waals surface area contributed by atoms with E-state index in [2.05, 4.69) is 30.8 Å². The number of anilines is 1. The predicted molar refractivity (Wildman–Crippen MR) is 103 cm³/mol. The minimum Gasteiger partial charge on any atom is -0.390 e. The SMILES string of the molecule is Cc1ccc(F)cc1CNC(=O)c1[nH]nc2ncnc(N[C@@H]3CC[C@@H](O)[C@H]3O)c12. The standard InChI is InChI=1S/C19H21FN6O3/c1-9-2-3-11(20)6-10(9)7-21-19(29)15-14-17(22-8-23-18(14)26-25-15)24-12-4-5-13(27)16(12)28/h2-3,6,8,12-13,16,27-28H,4-5,7H2,1H3,(H,21,29)(H2,22,23,24,25,26)/t12-,13-,16+/m1/s1. The summed E-state index contributed by atoms with van der Waals surface area (Å²) < 4.78 is 13.5.